The Morgan fingerprint density at radius 3 is 2.55 bits per heavy atom. The van der Waals surface area contributed by atoms with Gasteiger partial charge in [0.2, 0.25) is 0 Å². The molecule has 1 amide bonds. The van der Waals surface area contributed by atoms with Crippen molar-refractivity contribution < 1.29 is 4.79 Å². The molecule has 0 aliphatic rings. The van der Waals surface area contributed by atoms with E-state index in [4.69, 9.17) is 0 Å². The van der Waals surface area contributed by atoms with Crippen LogP contribution in [0.25, 0.3) is 10.2 Å². The van der Waals surface area contributed by atoms with Crippen molar-refractivity contribution in [2.45, 2.75) is 0 Å². The molecule has 0 unspecified atom stereocenters. The third kappa shape index (κ3) is 2.48. The molecule has 1 aromatic heterocycles. The molecule has 3 rings (SSSR count). The Morgan fingerprint density at radius 2 is 1.85 bits per heavy atom. The number of nitrogens with one attached hydrogen (secondary N) is 2. The first-order valence-electron chi connectivity index (χ1n) is 6.21. The third-order valence-corrected chi connectivity index (χ3v) is 3.90. The van der Waals surface area contributed by atoms with Gasteiger partial charge in [0.05, 0.1) is 10.2 Å². The average Bonchev–Trinajstić information content (AvgIpc) is 2.89. The molecule has 0 radical (unpaired) electrons. The fourth-order valence-corrected chi connectivity index (χ4v) is 2.74. The van der Waals surface area contributed by atoms with Crippen LogP contribution in [0.1, 0.15) is 10.4 Å². The Labute approximate surface area is 120 Å². The highest BCUT2D eigenvalue weighted by Gasteiger charge is 2.09. The van der Waals surface area contributed by atoms with Crippen LogP contribution in [0.15, 0.2) is 48.5 Å². The average molecular weight is 283 g/mol. The highest BCUT2D eigenvalue weighted by atomic mass is 32.1. The number of aromatic nitrogens is 1. The lowest BCUT2D eigenvalue weighted by molar-refractivity contribution is 0.102. The molecule has 0 saturated carbocycles. The van der Waals surface area contributed by atoms with Crippen LogP contribution in [0.3, 0.4) is 0 Å². The van der Waals surface area contributed by atoms with Gasteiger partial charge in [0.1, 0.15) is 0 Å². The molecule has 0 fully saturated rings. The molecule has 4 nitrogen and oxygen atoms in total. The van der Waals surface area contributed by atoms with Gasteiger partial charge in [0, 0.05) is 18.3 Å². The summed E-state index contributed by atoms with van der Waals surface area (Å²) in [5.41, 5.74) is 2.49. The Balaban J connectivity index is 1.80. The Morgan fingerprint density at radius 1 is 1.10 bits per heavy atom. The van der Waals surface area contributed by atoms with Crippen molar-refractivity contribution in [2.24, 2.45) is 0 Å². The minimum Gasteiger partial charge on any atom is -0.388 e. The van der Waals surface area contributed by atoms with Gasteiger partial charge in [-0.2, -0.15) is 0 Å². The summed E-state index contributed by atoms with van der Waals surface area (Å²) in [6.45, 7) is 0. The van der Waals surface area contributed by atoms with E-state index in [2.05, 4.69) is 15.6 Å². The van der Waals surface area contributed by atoms with Gasteiger partial charge in [0.15, 0.2) is 5.13 Å². The minimum atomic E-state index is -0.147. The van der Waals surface area contributed by atoms with Gasteiger partial charge in [0.25, 0.3) is 5.91 Å². The second-order valence-corrected chi connectivity index (χ2v) is 5.30. The maximum Gasteiger partial charge on any atom is 0.257 e. The Kier molecular flexibility index (Phi) is 3.35. The van der Waals surface area contributed by atoms with Crippen molar-refractivity contribution in [3.8, 4) is 0 Å². The molecule has 0 aliphatic carbocycles. The molecular weight excluding hydrogens is 270 g/mol. The quantitative estimate of drug-likeness (QED) is 0.772. The smallest absolute Gasteiger partial charge is 0.257 e. The van der Waals surface area contributed by atoms with E-state index in [0.29, 0.717) is 10.7 Å². The lowest BCUT2D eigenvalue weighted by Crippen LogP contribution is -2.11. The van der Waals surface area contributed by atoms with E-state index in [0.717, 1.165) is 15.9 Å². The first-order valence-corrected chi connectivity index (χ1v) is 7.02. The summed E-state index contributed by atoms with van der Waals surface area (Å²) in [6, 6.07) is 15.1. The molecule has 3 aromatic rings. The van der Waals surface area contributed by atoms with E-state index in [1.807, 2.05) is 43.4 Å². The van der Waals surface area contributed by atoms with E-state index >= 15 is 0 Å². The molecular formula is C15H13N3OS. The van der Waals surface area contributed by atoms with Crippen molar-refractivity contribution in [3.63, 3.8) is 0 Å². The fourth-order valence-electron chi connectivity index (χ4n) is 1.88. The molecule has 0 aliphatic heterocycles. The van der Waals surface area contributed by atoms with Crippen molar-refractivity contribution in [3.05, 3.63) is 54.1 Å². The number of thiazole rings is 1. The van der Waals surface area contributed by atoms with E-state index in [9.17, 15) is 4.79 Å². The minimum absolute atomic E-state index is 0.147. The Bertz CT molecular complexity index is 716. The summed E-state index contributed by atoms with van der Waals surface area (Å²) >= 11 is 1.47. The summed E-state index contributed by atoms with van der Waals surface area (Å²) in [6.07, 6.45) is 0. The second-order valence-electron chi connectivity index (χ2n) is 4.27. The highest BCUT2D eigenvalue weighted by molar-refractivity contribution is 7.22. The van der Waals surface area contributed by atoms with E-state index in [-0.39, 0.29) is 5.91 Å². The first kappa shape index (κ1) is 12.6. The van der Waals surface area contributed by atoms with Crippen LogP contribution in [0.2, 0.25) is 0 Å². The van der Waals surface area contributed by atoms with E-state index in [1.165, 1.54) is 11.3 Å². The number of hydrogen-bond acceptors (Lipinski definition) is 4. The Hall–Kier alpha value is -2.40. The number of amides is 1. The topological polar surface area (TPSA) is 54.0 Å². The van der Waals surface area contributed by atoms with Gasteiger partial charge in [-0.1, -0.05) is 23.5 Å². The number of benzene rings is 2. The summed E-state index contributed by atoms with van der Waals surface area (Å²) < 4.78 is 1.06. The van der Waals surface area contributed by atoms with Crippen LogP contribution in [-0.2, 0) is 0 Å². The van der Waals surface area contributed by atoms with Crippen LogP contribution in [0.4, 0.5) is 10.8 Å². The van der Waals surface area contributed by atoms with E-state index in [1.54, 1.807) is 12.1 Å². The second kappa shape index (κ2) is 5.30. The predicted octanol–water partition coefficient (Wildman–Crippen LogP) is 3.59. The van der Waals surface area contributed by atoms with Gasteiger partial charge in [-0.3, -0.25) is 10.1 Å². The van der Waals surface area contributed by atoms with Crippen molar-refractivity contribution in [1.29, 1.82) is 0 Å². The lowest BCUT2D eigenvalue weighted by Gasteiger charge is -2.03. The maximum absolute atomic E-state index is 12.1. The third-order valence-electron chi connectivity index (χ3n) is 2.95. The number of fused-ring (bicyclic) bond motifs is 1. The molecule has 20 heavy (non-hydrogen) atoms. The molecule has 0 spiro atoms. The lowest BCUT2D eigenvalue weighted by atomic mass is 10.2. The summed E-state index contributed by atoms with van der Waals surface area (Å²) in [5.74, 6) is -0.147. The van der Waals surface area contributed by atoms with Crippen molar-refractivity contribution in [2.75, 3.05) is 17.7 Å². The predicted molar refractivity (Wildman–Crippen MR) is 83.6 cm³/mol. The van der Waals surface area contributed by atoms with Gasteiger partial charge in [-0.25, -0.2) is 4.98 Å². The number of nitrogens with zero attached hydrogens (tertiary/aromatic N) is 1. The number of rotatable bonds is 3. The molecule has 0 saturated heterocycles. The number of para-hydroxylation sites is 1. The van der Waals surface area contributed by atoms with Crippen LogP contribution < -0.4 is 10.6 Å². The van der Waals surface area contributed by atoms with Crippen molar-refractivity contribution in [1.82, 2.24) is 4.98 Å². The van der Waals surface area contributed by atoms with Crippen molar-refractivity contribution >= 4 is 38.3 Å². The summed E-state index contributed by atoms with van der Waals surface area (Å²) in [4.78, 5) is 16.5. The summed E-state index contributed by atoms with van der Waals surface area (Å²) in [5, 5.41) is 6.47. The van der Waals surface area contributed by atoms with Gasteiger partial charge < -0.3 is 5.32 Å². The van der Waals surface area contributed by atoms with Crippen LogP contribution in [0, 0.1) is 0 Å². The molecule has 2 aromatic carbocycles. The van der Waals surface area contributed by atoms with Gasteiger partial charge in [-0.15, -0.1) is 0 Å². The number of carbonyl (C=O) groups excluding carboxylic acids is 1. The maximum atomic E-state index is 12.1. The summed E-state index contributed by atoms with van der Waals surface area (Å²) in [7, 11) is 1.84. The highest BCUT2D eigenvalue weighted by Crippen LogP contribution is 2.25. The zero-order valence-corrected chi connectivity index (χ0v) is 11.7. The fraction of sp³-hybridized carbons (Fsp3) is 0.0667. The number of carbonyl (C=O) groups is 1. The molecule has 0 bridgehead atoms. The molecule has 2 N–H and O–H groups in total. The largest absolute Gasteiger partial charge is 0.388 e. The monoisotopic (exact) mass is 283 g/mol. The zero-order chi connectivity index (χ0) is 13.9. The van der Waals surface area contributed by atoms with Crippen LogP contribution >= 0.6 is 11.3 Å². The SMILES string of the molecule is CNc1ccc(C(=O)Nc2nc3ccccc3s2)cc1. The van der Waals surface area contributed by atoms with Crippen LogP contribution in [-0.4, -0.2) is 17.9 Å². The van der Waals surface area contributed by atoms with Crippen LogP contribution in [0.5, 0.6) is 0 Å². The molecule has 0 atom stereocenters. The van der Waals surface area contributed by atoms with E-state index < -0.39 is 0 Å². The molecule has 100 valence electrons. The van der Waals surface area contributed by atoms with Gasteiger partial charge in [-0.05, 0) is 36.4 Å². The molecule has 1 heterocycles. The first-order chi connectivity index (χ1) is 9.76. The normalized spacial score (nSPS) is 10.4. The molecule has 5 heteroatoms. The number of anilines is 2. The standard InChI is InChI=1S/C15H13N3OS/c1-16-11-8-6-10(7-9-11)14(19)18-15-17-12-4-2-3-5-13(12)20-15/h2-9,16H,1H3,(H,17,18,19). The van der Waals surface area contributed by atoms with Gasteiger partial charge >= 0.3 is 0 Å². The number of hydrogen-bond donors (Lipinski definition) is 2. The zero-order valence-electron chi connectivity index (χ0n) is 10.9.